The minimum atomic E-state index is -3.42. The van der Waals surface area contributed by atoms with Crippen molar-refractivity contribution in [2.45, 2.75) is 51.0 Å². The SMILES string of the molecule is CCCCN(CCCN(C)C)C(=O)CN1CC(c2ccc3c(c2)CCO3)C(C(=O)O)C1CCNS(C)(=O)=O. The monoisotopic (exact) mass is 552 g/mol. The quantitative estimate of drug-likeness (QED) is 0.337. The lowest BCUT2D eigenvalue weighted by molar-refractivity contribution is -0.143. The van der Waals surface area contributed by atoms with E-state index in [1.807, 2.05) is 42.1 Å². The van der Waals surface area contributed by atoms with Gasteiger partial charge in [-0.1, -0.05) is 25.5 Å². The number of carboxylic acid groups (broad SMARTS) is 1. The van der Waals surface area contributed by atoms with Gasteiger partial charge in [-0.05, 0) is 57.1 Å². The lowest BCUT2D eigenvalue weighted by Gasteiger charge is -2.30. The van der Waals surface area contributed by atoms with Gasteiger partial charge in [-0.3, -0.25) is 14.5 Å². The highest BCUT2D eigenvalue weighted by atomic mass is 32.2. The number of sulfonamides is 1. The van der Waals surface area contributed by atoms with Crippen LogP contribution >= 0.6 is 0 Å². The van der Waals surface area contributed by atoms with Gasteiger partial charge in [0.2, 0.25) is 15.9 Å². The molecule has 0 aliphatic carbocycles. The topological polar surface area (TPSA) is 119 Å². The predicted octanol–water partition coefficient (Wildman–Crippen LogP) is 1.61. The van der Waals surface area contributed by atoms with Gasteiger partial charge in [0.25, 0.3) is 0 Å². The maximum Gasteiger partial charge on any atom is 0.308 e. The molecule has 2 aliphatic rings. The molecule has 214 valence electrons. The van der Waals surface area contributed by atoms with Gasteiger partial charge in [-0.15, -0.1) is 0 Å². The van der Waals surface area contributed by atoms with Gasteiger partial charge in [-0.2, -0.15) is 0 Å². The Bertz CT molecular complexity index is 1060. The molecule has 11 heteroatoms. The number of carboxylic acids is 1. The Labute approximate surface area is 227 Å². The fourth-order valence-corrected chi connectivity index (χ4v) is 6.07. The number of carbonyl (C=O) groups excluding carboxylic acids is 1. The molecule has 0 saturated carbocycles. The van der Waals surface area contributed by atoms with E-state index < -0.39 is 28.0 Å². The van der Waals surface area contributed by atoms with Gasteiger partial charge in [-0.25, -0.2) is 13.1 Å². The molecule has 3 rings (SSSR count). The molecule has 1 aromatic rings. The molecule has 1 aromatic carbocycles. The second-order valence-corrected chi connectivity index (χ2v) is 12.6. The van der Waals surface area contributed by atoms with E-state index in [9.17, 15) is 23.1 Å². The third-order valence-corrected chi connectivity index (χ3v) is 8.21. The summed E-state index contributed by atoms with van der Waals surface area (Å²) in [5.41, 5.74) is 1.99. The second-order valence-electron chi connectivity index (χ2n) is 10.8. The van der Waals surface area contributed by atoms with Gasteiger partial charge in [0.1, 0.15) is 5.75 Å². The maximum absolute atomic E-state index is 13.5. The van der Waals surface area contributed by atoms with Crippen molar-refractivity contribution in [2.75, 3.05) is 66.2 Å². The van der Waals surface area contributed by atoms with Crippen molar-refractivity contribution in [1.82, 2.24) is 19.4 Å². The average Bonchev–Trinajstić information content (AvgIpc) is 3.44. The van der Waals surface area contributed by atoms with Crippen molar-refractivity contribution in [3.8, 4) is 5.75 Å². The molecule has 2 aliphatic heterocycles. The second kappa shape index (κ2) is 13.7. The molecular weight excluding hydrogens is 508 g/mol. The molecule has 10 nitrogen and oxygen atoms in total. The zero-order valence-electron chi connectivity index (χ0n) is 23.2. The van der Waals surface area contributed by atoms with Crippen LogP contribution in [0.15, 0.2) is 18.2 Å². The summed E-state index contributed by atoms with van der Waals surface area (Å²) in [5, 5.41) is 10.3. The van der Waals surface area contributed by atoms with Crippen molar-refractivity contribution < 1.29 is 27.9 Å². The Morgan fingerprint density at radius 2 is 1.92 bits per heavy atom. The lowest BCUT2D eigenvalue weighted by atomic mass is 9.83. The van der Waals surface area contributed by atoms with E-state index in [2.05, 4.69) is 16.5 Å². The fraction of sp³-hybridized carbons (Fsp3) is 0.704. The molecule has 38 heavy (non-hydrogen) atoms. The summed E-state index contributed by atoms with van der Waals surface area (Å²) in [6.45, 7) is 5.57. The van der Waals surface area contributed by atoms with Crippen molar-refractivity contribution in [3.05, 3.63) is 29.3 Å². The Kier molecular flexibility index (Phi) is 11.0. The number of rotatable bonds is 15. The van der Waals surface area contributed by atoms with Gasteiger partial charge in [0.05, 0.1) is 25.3 Å². The smallest absolute Gasteiger partial charge is 0.308 e. The number of likely N-dealkylation sites (tertiary alicyclic amines) is 1. The van der Waals surface area contributed by atoms with Gasteiger partial charge in [0, 0.05) is 44.6 Å². The Balaban J connectivity index is 1.83. The van der Waals surface area contributed by atoms with Crippen molar-refractivity contribution in [2.24, 2.45) is 5.92 Å². The van der Waals surface area contributed by atoms with E-state index in [0.717, 1.165) is 55.4 Å². The number of aliphatic carboxylic acids is 1. The first-order chi connectivity index (χ1) is 18.0. The van der Waals surface area contributed by atoms with Crippen molar-refractivity contribution in [3.63, 3.8) is 0 Å². The number of ether oxygens (including phenoxy) is 1. The number of fused-ring (bicyclic) bond motifs is 1. The average molecular weight is 553 g/mol. The van der Waals surface area contributed by atoms with Gasteiger partial charge in [0.15, 0.2) is 0 Å². The van der Waals surface area contributed by atoms with Crippen LogP contribution in [0.5, 0.6) is 5.75 Å². The Hall–Kier alpha value is -2.21. The summed E-state index contributed by atoms with van der Waals surface area (Å²) in [6.07, 6.45) is 4.93. The van der Waals surface area contributed by atoms with E-state index in [1.54, 1.807) is 0 Å². The molecule has 2 N–H and O–H groups in total. The number of carbonyl (C=O) groups is 2. The van der Waals surface area contributed by atoms with Crippen molar-refractivity contribution >= 4 is 21.9 Å². The number of hydrogen-bond donors (Lipinski definition) is 2. The summed E-state index contributed by atoms with van der Waals surface area (Å²) >= 11 is 0. The summed E-state index contributed by atoms with van der Waals surface area (Å²) in [6, 6.07) is 5.39. The molecule has 3 atom stereocenters. The highest BCUT2D eigenvalue weighted by Crippen LogP contribution is 2.41. The van der Waals surface area contributed by atoms with E-state index in [0.29, 0.717) is 32.7 Å². The Morgan fingerprint density at radius 3 is 2.58 bits per heavy atom. The molecule has 0 radical (unpaired) electrons. The van der Waals surface area contributed by atoms with Gasteiger partial charge >= 0.3 is 5.97 Å². The molecule has 1 fully saturated rings. The highest BCUT2D eigenvalue weighted by molar-refractivity contribution is 7.88. The maximum atomic E-state index is 13.5. The first-order valence-electron chi connectivity index (χ1n) is 13.6. The molecular formula is C27H44N4O6S. The Morgan fingerprint density at radius 1 is 1.18 bits per heavy atom. The summed E-state index contributed by atoms with van der Waals surface area (Å²) in [5.74, 6) is -1.18. The third-order valence-electron chi connectivity index (χ3n) is 7.49. The number of benzene rings is 1. The van der Waals surface area contributed by atoms with Crippen LogP contribution in [0.1, 0.15) is 49.7 Å². The number of unbranched alkanes of at least 4 members (excludes halogenated alkanes) is 1. The zero-order chi connectivity index (χ0) is 27.9. The summed E-state index contributed by atoms with van der Waals surface area (Å²) < 4.78 is 31.5. The first-order valence-corrected chi connectivity index (χ1v) is 15.5. The summed E-state index contributed by atoms with van der Waals surface area (Å²) in [7, 11) is 0.601. The minimum absolute atomic E-state index is 0.00887. The fourth-order valence-electron chi connectivity index (χ4n) is 5.58. The molecule has 2 heterocycles. The largest absolute Gasteiger partial charge is 0.493 e. The predicted molar refractivity (Wildman–Crippen MR) is 147 cm³/mol. The van der Waals surface area contributed by atoms with Crippen LogP contribution in [0.25, 0.3) is 0 Å². The zero-order valence-corrected chi connectivity index (χ0v) is 24.0. The normalized spacial score (nSPS) is 21.4. The molecule has 3 unspecified atom stereocenters. The third kappa shape index (κ3) is 8.39. The molecule has 0 bridgehead atoms. The van der Waals surface area contributed by atoms with Crippen LogP contribution in [0.4, 0.5) is 0 Å². The van der Waals surface area contributed by atoms with Crippen molar-refractivity contribution in [1.29, 1.82) is 0 Å². The van der Waals surface area contributed by atoms with Gasteiger partial charge < -0.3 is 19.6 Å². The number of hydrogen-bond acceptors (Lipinski definition) is 7. The number of nitrogens with one attached hydrogen (secondary N) is 1. The van der Waals surface area contributed by atoms with Crippen LogP contribution < -0.4 is 9.46 Å². The van der Waals surface area contributed by atoms with Crippen LogP contribution in [-0.4, -0.2) is 112 Å². The molecule has 0 spiro atoms. The molecule has 0 aromatic heterocycles. The van der Waals surface area contributed by atoms with E-state index >= 15 is 0 Å². The minimum Gasteiger partial charge on any atom is -0.493 e. The van der Waals surface area contributed by atoms with Crippen LogP contribution in [0.2, 0.25) is 0 Å². The van der Waals surface area contributed by atoms with E-state index in [1.165, 1.54) is 0 Å². The van der Waals surface area contributed by atoms with Crippen LogP contribution in [0, 0.1) is 5.92 Å². The lowest BCUT2D eigenvalue weighted by Crippen LogP contribution is -2.46. The van der Waals surface area contributed by atoms with E-state index in [-0.39, 0.29) is 24.9 Å². The first kappa shape index (κ1) is 30.3. The highest BCUT2D eigenvalue weighted by Gasteiger charge is 2.47. The summed E-state index contributed by atoms with van der Waals surface area (Å²) in [4.78, 5) is 32.1. The van der Waals surface area contributed by atoms with E-state index in [4.69, 9.17) is 4.74 Å². The van der Waals surface area contributed by atoms with Crippen LogP contribution in [-0.2, 0) is 26.0 Å². The molecule has 1 amide bonds. The number of amides is 1. The van der Waals surface area contributed by atoms with Crippen LogP contribution in [0.3, 0.4) is 0 Å². The standard InChI is InChI=1S/C27H44N4O6S/c1-5-6-14-30(15-7-13-29(2)3)25(32)19-31-18-22(20-8-9-24-21(17-20)11-16-37-24)26(27(33)34)23(31)10-12-28-38(4,35)36/h8-9,17,22-23,26,28H,5-7,10-16,18-19H2,1-4H3,(H,33,34). The molecule has 1 saturated heterocycles. The number of nitrogens with zero attached hydrogens (tertiary/aromatic N) is 3.